The number of aromatic nitrogens is 2. The monoisotopic (exact) mass is 396 g/mol. The van der Waals surface area contributed by atoms with Crippen LogP contribution in [0.2, 0.25) is 5.02 Å². The number of rotatable bonds is 7. The highest BCUT2D eigenvalue weighted by molar-refractivity contribution is 6.31. The van der Waals surface area contributed by atoms with E-state index in [2.05, 4.69) is 20.6 Å². The van der Waals surface area contributed by atoms with Crippen molar-refractivity contribution in [3.63, 3.8) is 0 Å². The summed E-state index contributed by atoms with van der Waals surface area (Å²) in [5.41, 5.74) is 3.68. The van der Waals surface area contributed by atoms with Crippen molar-refractivity contribution in [2.75, 3.05) is 17.2 Å². The summed E-state index contributed by atoms with van der Waals surface area (Å²) >= 11 is 6.13. The largest absolute Gasteiger partial charge is 0.394 e. The van der Waals surface area contributed by atoms with Crippen molar-refractivity contribution in [2.45, 2.75) is 26.8 Å². The van der Waals surface area contributed by atoms with Crippen LogP contribution >= 0.6 is 11.6 Å². The molecule has 1 aromatic heterocycles. The summed E-state index contributed by atoms with van der Waals surface area (Å²) < 4.78 is 0. The van der Waals surface area contributed by atoms with E-state index in [0.717, 1.165) is 27.5 Å². The molecule has 0 saturated carbocycles. The highest BCUT2D eigenvalue weighted by Crippen LogP contribution is 2.26. The van der Waals surface area contributed by atoms with E-state index in [-0.39, 0.29) is 18.6 Å². The molecule has 0 spiro atoms. The number of hydrogen-bond acceptors (Lipinski definition) is 5. The number of halogens is 1. The van der Waals surface area contributed by atoms with Gasteiger partial charge in [0.1, 0.15) is 5.82 Å². The standard InChI is InChI=1S/C22H25ClN4O/c1-14(2)20(13-28)26-22-25-19(16-7-5-4-6-8-16)12-21(27-22)24-17-9-10-18(23)15(3)11-17/h4-12,14,20,28H,13H2,1-3H3,(H2,24,25,26,27)/t20-/m1/s1. The van der Waals surface area contributed by atoms with Crippen LogP contribution in [0.1, 0.15) is 19.4 Å². The molecule has 2 aromatic carbocycles. The Hall–Kier alpha value is -2.63. The SMILES string of the molecule is Cc1cc(Nc2cc(-c3ccccc3)nc(N[C@H](CO)C(C)C)n2)ccc1Cl. The molecule has 146 valence electrons. The third kappa shape index (κ3) is 5.00. The van der Waals surface area contributed by atoms with Crippen LogP contribution in [0.3, 0.4) is 0 Å². The molecule has 1 heterocycles. The third-order valence-corrected chi connectivity index (χ3v) is 4.97. The maximum Gasteiger partial charge on any atom is 0.225 e. The molecule has 3 N–H and O–H groups in total. The summed E-state index contributed by atoms with van der Waals surface area (Å²) in [4.78, 5) is 9.25. The van der Waals surface area contributed by atoms with Crippen LogP contribution < -0.4 is 10.6 Å². The van der Waals surface area contributed by atoms with E-state index in [1.807, 2.05) is 75.4 Å². The number of benzene rings is 2. The fourth-order valence-electron chi connectivity index (χ4n) is 2.79. The molecule has 3 rings (SSSR count). The van der Waals surface area contributed by atoms with Gasteiger partial charge in [0, 0.05) is 22.3 Å². The molecule has 0 aliphatic carbocycles. The van der Waals surface area contributed by atoms with Gasteiger partial charge in [-0.25, -0.2) is 4.98 Å². The van der Waals surface area contributed by atoms with E-state index in [1.54, 1.807) is 0 Å². The molecule has 0 aliphatic heterocycles. The molecule has 0 saturated heterocycles. The van der Waals surface area contributed by atoms with Crippen LogP contribution in [0.5, 0.6) is 0 Å². The minimum absolute atomic E-state index is 0.00965. The molecular formula is C22H25ClN4O. The molecular weight excluding hydrogens is 372 g/mol. The predicted octanol–water partition coefficient (Wildman–Crippen LogP) is 5.28. The number of anilines is 3. The Morgan fingerprint density at radius 3 is 2.43 bits per heavy atom. The van der Waals surface area contributed by atoms with E-state index in [0.29, 0.717) is 11.8 Å². The third-order valence-electron chi connectivity index (χ3n) is 4.54. The Balaban J connectivity index is 1.97. The average Bonchev–Trinajstić information content (AvgIpc) is 2.69. The van der Waals surface area contributed by atoms with Gasteiger partial charge in [0.15, 0.2) is 0 Å². The summed E-state index contributed by atoms with van der Waals surface area (Å²) in [7, 11) is 0. The van der Waals surface area contributed by atoms with Gasteiger partial charge in [-0.1, -0.05) is 55.8 Å². The summed E-state index contributed by atoms with van der Waals surface area (Å²) in [6.07, 6.45) is 0. The highest BCUT2D eigenvalue weighted by Gasteiger charge is 2.15. The molecule has 0 amide bonds. The van der Waals surface area contributed by atoms with Crippen LogP contribution in [0.25, 0.3) is 11.3 Å². The number of nitrogens with one attached hydrogen (secondary N) is 2. The van der Waals surface area contributed by atoms with Gasteiger partial charge in [-0.2, -0.15) is 4.98 Å². The van der Waals surface area contributed by atoms with E-state index in [9.17, 15) is 5.11 Å². The number of aliphatic hydroxyl groups is 1. The first kappa shape index (κ1) is 20.1. The molecule has 0 unspecified atom stereocenters. The second-order valence-corrected chi connectivity index (χ2v) is 7.50. The Labute approximate surface area is 170 Å². The van der Waals surface area contributed by atoms with Gasteiger partial charge in [-0.05, 0) is 36.6 Å². The normalized spacial score (nSPS) is 12.1. The predicted molar refractivity (Wildman–Crippen MR) is 116 cm³/mol. The highest BCUT2D eigenvalue weighted by atomic mass is 35.5. The fourth-order valence-corrected chi connectivity index (χ4v) is 2.91. The van der Waals surface area contributed by atoms with Gasteiger partial charge in [0.05, 0.1) is 18.3 Å². The van der Waals surface area contributed by atoms with Crippen molar-refractivity contribution >= 4 is 29.1 Å². The summed E-state index contributed by atoms with van der Waals surface area (Å²) in [5.74, 6) is 1.38. The van der Waals surface area contributed by atoms with E-state index in [4.69, 9.17) is 11.6 Å². The van der Waals surface area contributed by atoms with E-state index in [1.165, 1.54) is 0 Å². The van der Waals surface area contributed by atoms with Gasteiger partial charge in [0.2, 0.25) is 5.95 Å². The topological polar surface area (TPSA) is 70.1 Å². The van der Waals surface area contributed by atoms with Crippen LogP contribution in [-0.4, -0.2) is 27.7 Å². The van der Waals surface area contributed by atoms with Gasteiger partial charge in [-0.15, -0.1) is 0 Å². The van der Waals surface area contributed by atoms with Crippen molar-refractivity contribution in [3.05, 3.63) is 65.2 Å². The average molecular weight is 397 g/mol. The number of aryl methyl sites for hydroxylation is 1. The van der Waals surface area contributed by atoms with Gasteiger partial charge < -0.3 is 15.7 Å². The Bertz CT molecular complexity index is 931. The zero-order chi connectivity index (χ0) is 20.1. The van der Waals surface area contributed by atoms with Crippen molar-refractivity contribution in [1.29, 1.82) is 0 Å². The first-order valence-electron chi connectivity index (χ1n) is 9.31. The Morgan fingerprint density at radius 1 is 1.04 bits per heavy atom. The minimum Gasteiger partial charge on any atom is -0.394 e. The minimum atomic E-state index is -0.128. The maximum atomic E-state index is 9.66. The first-order valence-corrected chi connectivity index (χ1v) is 9.69. The van der Waals surface area contributed by atoms with Crippen molar-refractivity contribution in [3.8, 4) is 11.3 Å². The zero-order valence-electron chi connectivity index (χ0n) is 16.3. The molecule has 0 radical (unpaired) electrons. The lowest BCUT2D eigenvalue weighted by atomic mass is 10.1. The molecule has 0 bridgehead atoms. The lowest BCUT2D eigenvalue weighted by molar-refractivity contribution is 0.248. The van der Waals surface area contributed by atoms with Crippen molar-refractivity contribution in [1.82, 2.24) is 9.97 Å². The maximum absolute atomic E-state index is 9.66. The quantitative estimate of drug-likeness (QED) is 0.507. The van der Waals surface area contributed by atoms with E-state index < -0.39 is 0 Å². The smallest absolute Gasteiger partial charge is 0.225 e. The van der Waals surface area contributed by atoms with Crippen LogP contribution in [-0.2, 0) is 0 Å². The van der Waals surface area contributed by atoms with Crippen LogP contribution in [0.15, 0.2) is 54.6 Å². The molecule has 1 atom stereocenters. The Morgan fingerprint density at radius 2 is 1.79 bits per heavy atom. The van der Waals surface area contributed by atoms with Gasteiger partial charge >= 0.3 is 0 Å². The molecule has 3 aromatic rings. The van der Waals surface area contributed by atoms with Crippen molar-refractivity contribution in [2.24, 2.45) is 5.92 Å². The van der Waals surface area contributed by atoms with Gasteiger partial charge in [-0.3, -0.25) is 0 Å². The van der Waals surface area contributed by atoms with Crippen LogP contribution in [0, 0.1) is 12.8 Å². The number of hydrogen-bond donors (Lipinski definition) is 3. The Kier molecular flexibility index (Phi) is 6.49. The molecule has 0 aliphatic rings. The molecule has 5 nitrogen and oxygen atoms in total. The summed E-state index contributed by atoms with van der Waals surface area (Å²) in [5, 5.41) is 17.0. The lowest BCUT2D eigenvalue weighted by Crippen LogP contribution is -2.30. The molecule has 28 heavy (non-hydrogen) atoms. The van der Waals surface area contributed by atoms with Gasteiger partial charge in [0.25, 0.3) is 0 Å². The molecule has 6 heteroatoms. The number of aliphatic hydroxyl groups excluding tert-OH is 1. The molecule has 0 fully saturated rings. The first-order chi connectivity index (χ1) is 13.5. The van der Waals surface area contributed by atoms with Crippen LogP contribution in [0.4, 0.5) is 17.5 Å². The second-order valence-electron chi connectivity index (χ2n) is 7.09. The lowest BCUT2D eigenvalue weighted by Gasteiger charge is -2.20. The summed E-state index contributed by atoms with van der Waals surface area (Å²) in [6, 6.07) is 17.5. The number of nitrogens with zero attached hydrogens (tertiary/aromatic N) is 2. The second kappa shape index (κ2) is 9.04. The summed E-state index contributed by atoms with van der Waals surface area (Å²) in [6.45, 7) is 6.06. The fraction of sp³-hybridized carbons (Fsp3) is 0.273. The van der Waals surface area contributed by atoms with Crippen molar-refractivity contribution < 1.29 is 5.11 Å². The zero-order valence-corrected chi connectivity index (χ0v) is 17.0. The van der Waals surface area contributed by atoms with E-state index >= 15 is 0 Å².